The fourth-order valence-corrected chi connectivity index (χ4v) is 2.95. The highest BCUT2D eigenvalue weighted by molar-refractivity contribution is 6.30. The minimum atomic E-state index is 0.180. The molecule has 2 fully saturated rings. The summed E-state index contributed by atoms with van der Waals surface area (Å²) in [6.45, 7) is 3.28. The van der Waals surface area contributed by atoms with Gasteiger partial charge in [0.25, 0.3) is 0 Å². The summed E-state index contributed by atoms with van der Waals surface area (Å²) in [7, 11) is 0. The molecule has 1 aromatic rings. The molecule has 3 heteroatoms. The van der Waals surface area contributed by atoms with Crippen LogP contribution in [0.4, 0.5) is 5.69 Å². The van der Waals surface area contributed by atoms with Crippen LogP contribution in [-0.4, -0.2) is 18.6 Å². The molecule has 2 aliphatic rings. The van der Waals surface area contributed by atoms with Crippen LogP contribution in [0.15, 0.2) is 18.2 Å². The predicted molar refractivity (Wildman–Crippen MR) is 81.9 cm³/mol. The summed E-state index contributed by atoms with van der Waals surface area (Å²) < 4.78 is 0. The molecule has 1 atom stereocenters. The molecule has 0 bridgehead atoms. The molecule has 0 aliphatic heterocycles. The van der Waals surface area contributed by atoms with Gasteiger partial charge in [-0.25, -0.2) is 0 Å². The molecular formula is C16H23ClN2. The Morgan fingerprint density at radius 2 is 2.05 bits per heavy atom. The van der Waals surface area contributed by atoms with Crippen molar-refractivity contribution in [3.05, 3.63) is 28.8 Å². The van der Waals surface area contributed by atoms with Gasteiger partial charge in [0.05, 0.1) is 0 Å². The molecule has 19 heavy (non-hydrogen) atoms. The average molecular weight is 279 g/mol. The van der Waals surface area contributed by atoms with E-state index in [1.807, 2.05) is 6.07 Å². The van der Waals surface area contributed by atoms with Crippen molar-refractivity contribution in [2.45, 2.75) is 51.1 Å². The zero-order valence-corrected chi connectivity index (χ0v) is 12.4. The van der Waals surface area contributed by atoms with E-state index in [1.165, 1.54) is 43.5 Å². The van der Waals surface area contributed by atoms with E-state index in [4.69, 9.17) is 17.3 Å². The quantitative estimate of drug-likeness (QED) is 0.861. The maximum atomic E-state index is 6.16. The van der Waals surface area contributed by atoms with Crippen molar-refractivity contribution >= 4 is 17.3 Å². The number of anilines is 1. The summed E-state index contributed by atoms with van der Waals surface area (Å²) in [6.07, 6.45) is 6.39. The third kappa shape index (κ3) is 3.43. The van der Waals surface area contributed by atoms with Gasteiger partial charge in [-0.3, -0.25) is 0 Å². The number of hydrogen-bond donors (Lipinski definition) is 1. The zero-order valence-electron chi connectivity index (χ0n) is 11.6. The van der Waals surface area contributed by atoms with Crippen molar-refractivity contribution in [3.63, 3.8) is 0 Å². The van der Waals surface area contributed by atoms with Gasteiger partial charge < -0.3 is 10.6 Å². The molecule has 104 valence electrons. The number of nitrogens with zero attached hydrogens (tertiary/aromatic N) is 1. The van der Waals surface area contributed by atoms with Gasteiger partial charge in [-0.05, 0) is 68.7 Å². The smallest absolute Gasteiger partial charge is 0.0410 e. The Morgan fingerprint density at radius 3 is 2.63 bits per heavy atom. The Labute approximate surface area is 120 Å². The average Bonchev–Trinajstić information content (AvgIpc) is 3.21. The highest BCUT2D eigenvalue weighted by atomic mass is 35.5. The summed E-state index contributed by atoms with van der Waals surface area (Å²) >= 11 is 6.16. The molecule has 0 saturated heterocycles. The third-order valence-corrected chi connectivity index (χ3v) is 4.27. The topological polar surface area (TPSA) is 29.3 Å². The van der Waals surface area contributed by atoms with Gasteiger partial charge in [-0.1, -0.05) is 11.6 Å². The number of benzene rings is 1. The normalized spacial score (nSPS) is 20.4. The highest BCUT2D eigenvalue weighted by Gasteiger charge is 2.34. The largest absolute Gasteiger partial charge is 0.368 e. The molecule has 0 amide bonds. The Bertz CT molecular complexity index is 450. The predicted octanol–water partition coefficient (Wildman–Crippen LogP) is 3.61. The van der Waals surface area contributed by atoms with Gasteiger partial charge in [0.1, 0.15) is 0 Å². The summed E-state index contributed by atoms with van der Waals surface area (Å²) in [5.74, 6) is 0.916. The first kappa shape index (κ1) is 13.3. The van der Waals surface area contributed by atoms with Gasteiger partial charge in [0, 0.05) is 29.3 Å². The number of nitrogens with two attached hydrogens (primary N) is 1. The summed E-state index contributed by atoms with van der Waals surface area (Å²) in [4.78, 5) is 2.62. The van der Waals surface area contributed by atoms with E-state index in [9.17, 15) is 0 Å². The fraction of sp³-hybridized carbons (Fsp3) is 0.625. The van der Waals surface area contributed by atoms with Crippen LogP contribution in [-0.2, 0) is 6.42 Å². The molecule has 0 aromatic heterocycles. The standard InChI is InChI=1S/C16H23ClN2/c1-11(18)8-13-9-14(17)4-7-16(13)19(15-5-6-15)10-12-2-3-12/h4,7,9,11-12,15H,2-3,5-6,8,10,18H2,1H3. The Kier molecular flexibility index (Phi) is 3.72. The summed E-state index contributed by atoms with van der Waals surface area (Å²) in [5.41, 5.74) is 8.67. The lowest BCUT2D eigenvalue weighted by Gasteiger charge is -2.28. The van der Waals surface area contributed by atoms with Crippen LogP contribution < -0.4 is 10.6 Å². The highest BCUT2D eigenvalue weighted by Crippen LogP contribution is 2.39. The second-order valence-electron chi connectivity index (χ2n) is 6.28. The fourth-order valence-electron chi connectivity index (χ4n) is 2.75. The number of rotatable bonds is 6. The molecule has 2 nitrogen and oxygen atoms in total. The first-order valence-electron chi connectivity index (χ1n) is 7.44. The van der Waals surface area contributed by atoms with Crippen molar-refractivity contribution in [1.29, 1.82) is 0 Å². The monoisotopic (exact) mass is 278 g/mol. The first-order chi connectivity index (χ1) is 9.13. The van der Waals surface area contributed by atoms with E-state index >= 15 is 0 Å². The van der Waals surface area contributed by atoms with Crippen LogP contribution in [0.5, 0.6) is 0 Å². The minimum Gasteiger partial charge on any atom is -0.368 e. The Hall–Kier alpha value is -0.730. The lowest BCUT2D eigenvalue weighted by Crippen LogP contribution is -2.30. The summed E-state index contributed by atoms with van der Waals surface area (Å²) in [5, 5.41) is 0.821. The van der Waals surface area contributed by atoms with E-state index in [-0.39, 0.29) is 6.04 Å². The lowest BCUT2D eigenvalue weighted by atomic mass is 10.0. The molecule has 0 spiro atoms. The zero-order chi connectivity index (χ0) is 13.4. The van der Waals surface area contributed by atoms with Crippen LogP contribution in [0, 0.1) is 5.92 Å². The molecule has 0 radical (unpaired) electrons. The lowest BCUT2D eigenvalue weighted by molar-refractivity contribution is 0.699. The van der Waals surface area contributed by atoms with E-state index in [1.54, 1.807) is 0 Å². The van der Waals surface area contributed by atoms with Crippen LogP contribution in [0.25, 0.3) is 0 Å². The SMILES string of the molecule is CC(N)Cc1cc(Cl)ccc1N(CC1CC1)C1CC1. The molecule has 0 heterocycles. The van der Waals surface area contributed by atoms with Crippen LogP contribution in [0.3, 0.4) is 0 Å². The minimum absolute atomic E-state index is 0.180. The molecule has 2 aliphatic carbocycles. The van der Waals surface area contributed by atoms with Gasteiger partial charge in [0.2, 0.25) is 0 Å². The Balaban J connectivity index is 1.86. The van der Waals surface area contributed by atoms with Gasteiger partial charge in [-0.15, -0.1) is 0 Å². The van der Waals surface area contributed by atoms with E-state index in [2.05, 4.69) is 24.0 Å². The Morgan fingerprint density at radius 1 is 1.32 bits per heavy atom. The van der Waals surface area contributed by atoms with Crippen molar-refractivity contribution in [2.75, 3.05) is 11.4 Å². The molecular weight excluding hydrogens is 256 g/mol. The van der Waals surface area contributed by atoms with E-state index in [0.29, 0.717) is 0 Å². The number of hydrogen-bond acceptors (Lipinski definition) is 2. The van der Waals surface area contributed by atoms with Crippen LogP contribution >= 0.6 is 11.6 Å². The maximum Gasteiger partial charge on any atom is 0.0410 e. The van der Waals surface area contributed by atoms with Gasteiger partial charge >= 0.3 is 0 Å². The maximum absolute atomic E-state index is 6.16. The molecule has 2 saturated carbocycles. The van der Waals surface area contributed by atoms with Crippen molar-refractivity contribution in [3.8, 4) is 0 Å². The molecule has 2 N–H and O–H groups in total. The van der Waals surface area contributed by atoms with E-state index < -0.39 is 0 Å². The molecule has 1 unspecified atom stereocenters. The summed E-state index contributed by atoms with van der Waals surface area (Å²) in [6, 6.07) is 7.25. The van der Waals surface area contributed by atoms with Gasteiger partial charge in [-0.2, -0.15) is 0 Å². The number of halogens is 1. The second kappa shape index (κ2) is 5.34. The molecule has 3 rings (SSSR count). The van der Waals surface area contributed by atoms with Crippen molar-refractivity contribution in [2.24, 2.45) is 11.7 Å². The van der Waals surface area contributed by atoms with Crippen molar-refractivity contribution < 1.29 is 0 Å². The van der Waals surface area contributed by atoms with Crippen LogP contribution in [0.2, 0.25) is 5.02 Å². The first-order valence-corrected chi connectivity index (χ1v) is 7.82. The van der Waals surface area contributed by atoms with E-state index in [0.717, 1.165) is 23.4 Å². The van der Waals surface area contributed by atoms with Gasteiger partial charge in [0.15, 0.2) is 0 Å². The molecule has 1 aromatic carbocycles. The van der Waals surface area contributed by atoms with Crippen LogP contribution in [0.1, 0.15) is 38.2 Å². The second-order valence-corrected chi connectivity index (χ2v) is 6.72. The van der Waals surface area contributed by atoms with Crippen molar-refractivity contribution in [1.82, 2.24) is 0 Å². The third-order valence-electron chi connectivity index (χ3n) is 4.03.